The number of halogens is 2. The summed E-state index contributed by atoms with van der Waals surface area (Å²) >= 11 is 9.42. The fraction of sp³-hybridized carbons (Fsp3) is 0.143. The first kappa shape index (κ1) is 14.0. The minimum Gasteiger partial charge on any atom is -0.307 e. The van der Waals surface area contributed by atoms with Crippen LogP contribution in [-0.2, 0) is 0 Å². The van der Waals surface area contributed by atoms with Gasteiger partial charge in [0.2, 0.25) is 0 Å². The molecule has 2 aromatic rings. The van der Waals surface area contributed by atoms with Crippen LogP contribution in [0.5, 0.6) is 0 Å². The molecule has 0 unspecified atom stereocenters. The van der Waals surface area contributed by atoms with Crippen molar-refractivity contribution >= 4 is 39.3 Å². The Hall–Kier alpha value is -1.39. The zero-order chi connectivity index (χ0) is 14.0. The number of aromatic nitrogens is 1. The summed E-state index contributed by atoms with van der Waals surface area (Å²) in [4.78, 5) is 16.2. The molecule has 1 amide bonds. The molecule has 2 rings (SSSR count). The highest BCUT2D eigenvalue weighted by Gasteiger charge is 2.11. The lowest BCUT2D eigenvalue weighted by atomic mass is 10.1. The van der Waals surface area contributed by atoms with Crippen LogP contribution in [0.15, 0.2) is 34.9 Å². The molecule has 19 heavy (non-hydrogen) atoms. The third-order valence-corrected chi connectivity index (χ3v) is 3.80. The molecule has 0 saturated heterocycles. The summed E-state index contributed by atoms with van der Waals surface area (Å²) in [5.74, 6) is 0.238. The Morgan fingerprint density at radius 1 is 1.32 bits per heavy atom. The van der Waals surface area contributed by atoms with Crippen LogP contribution in [0.4, 0.5) is 5.82 Å². The molecule has 0 bridgehead atoms. The summed E-state index contributed by atoms with van der Waals surface area (Å²) in [5, 5.41) is 3.17. The Kier molecular flexibility index (Phi) is 4.22. The van der Waals surface area contributed by atoms with Crippen molar-refractivity contribution in [1.82, 2.24) is 4.98 Å². The minimum absolute atomic E-state index is 0.265. The molecule has 0 radical (unpaired) electrons. The van der Waals surface area contributed by atoms with Crippen molar-refractivity contribution in [1.29, 1.82) is 0 Å². The molecule has 0 spiro atoms. The van der Waals surface area contributed by atoms with Crippen LogP contribution in [0, 0.1) is 13.8 Å². The topological polar surface area (TPSA) is 42.0 Å². The molecule has 1 aromatic carbocycles. The third kappa shape index (κ3) is 3.33. The normalized spacial score (nSPS) is 10.3. The highest BCUT2D eigenvalue weighted by molar-refractivity contribution is 9.10. The van der Waals surface area contributed by atoms with Crippen molar-refractivity contribution in [3.05, 3.63) is 56.6 Å². The predicted molar refractivity (Wildman–Crippen MR) is 80.8 cm³/mol. The fourth-order valence-electron chi connectivity index (χ4n) is 1.60. The number of pyridine rings is 1. The second-order valence-corrected chi connectivity index (χ2v) is 5.52. The van der Waals surface area contributed by atoms with Gasteiger partial charge in [-0.1, -0.05) is 17.7 Å². The zero-order valence-corrected chi connectivity index (χ0v) is 12.8. The fourth-order valence-corrected chi connectivity index (χ4v) is 2.13. The van der Waals surface area contributed by atoms with E-state index >= 15 is 0 Å². The van der Waals surface area contributed by atoms with Gasteiger partial charge in [-0.15, -0.1) is 0 Å². The first-order chi connectivity index (χ1) is 8.97. The van der Waals surface area contributed by atoms with E-state index in [4.69, 9.17) is 11.6 Å². The molecule has 3 nitrogen and oxygen atoms in total. The number of rotatable bonds is 2. The zero-order valence-electron chi connectivity index (χ0n) is 10.5. The lowest BCUT2D eigenvalue weighted by Crippen LogP contribution is -2.13. The van der Waals surface area contributed by atoms with Crippen molar-refractivity contribution in [2.75, 3.05) is 5.32 Å². The Labute approximate surface area is 125 Å². The van der Waals surface area contributed by atoms with Crippen LogP contribution >= 0.6 is 27.5 Å². The monoisotopic (exact) mass is 338 g/mol. The largest absolute Gasteiger partial charge is 0.307 e. The molecule has 98 valence electrons. The van der Waals surface area contributed by atoms with Gasteiger partial charge in [0.25, 0.3) is 5.91 Å². The Morgan fingerprint density at radius 2 is 2.05 bits per heavy atom. The first-order valence-electron chi connectivity index (χ1n) is 5.67. The summed E-state index contributed by atoms with van der Waals surface area (Å²) in [6, 6.07) is 7.11. The molecule has 5 heteroatoms. The lowest BCUT2D eigenvalue weighted by molar-refractivity contribution is 0.102. The van der Waals surface area contributed by atoms with E-state index < -0.39 is 0 Å². The van der Waals surface area contributed by atoms with Crippen LogP contribution in [0.25, 0.3) is 0 Å². The quantitative estimate of drug-likeness (QED) is 0.883. The number of nitrogens with zero attached hydrogens (tertiary/aromatic N) is 1. The SMILES string of the molecule is Cc1ccc(C(=O)Nc2cc(C)c(Br)cn2)c(Cl)c1. The number of aryl methyl sites for hydroxylation is 2. The molecule has 0 atom stereocenters. The van der Waals surface area contributed by atoms with E-state index in [1.165, 1.54) is 0 Å². The Balaban J connectivity index is 2.23. The highest BCUT2D eigenvalue weighted by atomic mass is 79.9. The van der Waals surface area contributed by atoms with Crippen molar-refractivity contribution in [3.63, 3.8) is 0 Å². The van der Waals surface area contributed by atoms with Crippen molar-refractivity contribution in [3.8, 4) is 0 Å². The van der Waals surface area contributed by atoms with E-state index in [2.05, 4.69) is 26.2 Å². The maximum atomic E-state index is 12.1. The molecule has 0 aliphatic heterocycles. The first-order valence-corrected chi connectivity index (χ1v) is 6.84. The van der Waals surface area contributed by atoms with Gasteiger partial charge in [0.05, 0.1) is 10.6 Å². The molecule has 1 aromatic heterocycles. The molecule has 0 fully saturated rings. The van der Waals surface area contributed by atoms with Gasteiger partial charge in [0, 0.05) is 10.7 Å². The number of carbonyl (C=O) groups is 1. The van der Waals surface area contributed by atoms with Crippen LogP contribution in [0.3, 0.4) is 0 Å². The van der Waals surface area contributed by atoms with Crippen molar-refractivity contribution in [2.45, 2.75) is 13.8 Å². The number of hydrogen-bond donors (Lipinski definition) is 1. The van der Waals surface area contributed by atoms with Crippen LogP contribution in [0.1, 0.15) is 21.5 Å². The molecule has 1 heterocycles. The average molecular weight is 340 g/mol. The summed E-state index contributed by atoms with van der Waals surface area (Å²) in [6.45, 7) is 3.85. The van der Waals surface area contributed by atoms with Crippen LogP contribution < -0.4 is 5.32 Å². The van der Waals surface area contributed by atoms with Gasteiger partial charge in [-0.05, 0) is 59.1 Å². The number of anilines is 1. The molecular weight excluding hydrogens is 328 g/mol. The van der Waals surface area contributed by atoms with Gasteiger partial charge in [0.1, 0.15) is 5.82 Å². The van der Waals surface area contributed by atoms with Crippen molar-refractivity contribution < 1.29 is 4.79 Å². The van der Waals surface area contributed by atoms with Crippen molar-refractivity contribution in [2.24, 2.45) is 0 Å². The summed E-state index contributed by atoms with van der Waals surface area (Å²) in [5.41, 5.74) is 2.45. The molecular formula is C14H12BrClN2O. The van der Waals surface area contributed by atoms with Crippen LogP contribution in [-0.4, -0.2) is 10.9 Å². The van der Waals surface area contributed by atoms with E-state index in [0.717, 1.165) is 15.6 Å². The Bertz CT molecular complexity index is 643. The number of hydrogen-bond acceptors (Lipinski definition) is 2. The highest BCUT2D eigenvalue weighted by Crippen LogP contribution is 2.20. The predicted octanol–water partition coefficient (Wildman–Crippen LogP) is 4.37. The molecule has 1 N–H and O–H groups in total. The van der Waals surface area contributed by atoms with E-state index in [0.29, 0.717) is 16.4 Å². The number of nitrogens with one attached hydrogen (secondary N) is 1. The Morgan fingerprint density at radius 3 is 2.68 bits per heavy atom. The maximum absolute atomic E-state index is 12.1. The van der Waals surface area contributed by atoms with E-state index in [1.807, 2.05) is 19.9 Å². The third-order valence-electron chi connectivity index (χ3n) is 2.66. The number of benzene rings is 1. The standard InChI is InChI=1S/C14H12BrClN2O/c1-8-3-4-10(12(16)5-8)14(19)18-13-6-9(2)11(15)7-17-13/h3-7H,1-2H3,(H,17,18,19). The summed E-state index contributed by atoms with van der Waals surface area (Å²) in [6.07, 6.45) is 1.65. The second-order valence-electron chi connectivity index (χ2n) is 4.26. The van der Waals surface area contributed by atoms with Gasteiger partial charge in [-0.3, -0.25) is 4.79 Å². The van der Waals surface area contributed by atoms with E-state index in [1.54, 1.807) is 24.4 Å². The number of amides is 1. The second kappa shape index (κ2) is 5.72. The number of carbonyl (C=O) groups excluding carboxylic acids is 1. The molecule has 0 aliphatic rings. The van der Waals surface area contributed by atoms with Gasteiger partial charge in [-0.25, -0.2) is 4.98 Å². The smallest absolute Gasteiger partial charge is 0.258 e. The van der Waals surface area contributed by atoms with Gasteiger partial charge in [0.15, 0.2) is 0 Å². The van der Waals surface area contributed by atoms with E-state index in [9.17, 15) is 4.79 Å². The lowest BCUT2D eigenvalue weighted by Gasteiger charge is -2.08. The summed E-state index contributed by atoms with van der Waals surface area (Å²) < 4.78 is 0.902. The molecule has 0 aliphatic carbocycles. The van der Waals surface area contributed by atoms with Gasteiger partial charge >= 0.3 is 0 Å². The maximum Gasteiger partial charge on any atom is 0.258 e. The van der Waals surface area contributed by atoms with Crippen LogP contribution in [0.2, 0.25) is 5.02 Å². The molecule has 0 saturated carbocycles. The van der Waals surface area contributed by atoms with Gasteiger partial charge in [-0.2, -0.15) is 0 Å². The van der Waals surface area contributed by atoms with Gasteiger partial charge < -0.3 is 5.32 Å². The summed E-state index contributed by atoms with van der Waals surface area (Å²) in [7, 11) is 0. The average Bonchev–Trinajstić information content (AvgIpc) is 2.33. The minimum atomic E-state index is -0.265. The van der Waals surface area contributed by atoms with E-state index in [-0.39, 0.29) is 5.91 Å².